The fourth-order valence-electron chi connectivity index (χ4n) is 3.75. The molecule has 5 heteroatoms. The van der Waals surface area contributed by atoms with E-state index in [2.05, 4.69) is 46.3 Å². The van der Waals surface area contributed by atoms with Crippen molar-refractivity contribution < 1.29 is 4.79 Å². The third-order valence-electron chi connectivity index (χ3n) is 5.40. The summed E-state index contributed by atoms with van der Waals surface area (Å²) in [5.41, 5.74) is 2.46. The Balaban J connectivity index is 0.00000208. The predicted molar refractivity (Wildman–Crippen MR) is 101 cm³/mol. The Morgan fingerprint density at radius 3 is 2.50 bits per heavy atom. The first-order chi connectivity index (χ1) is 11.2. The average Bonchev–Trinajstić information content (AvgIpc) is 3.11. The molecule has 2 unspecified atom stereocenters. The summed E-state index contributed by atoms with van der Waals surface area (Å²) in [5.74, 6) is 0.245. The number of carbonyl (C=O) groups is 1. The Morgan fingerprint density at radius 2 is 1.88 bits per heavy atom. The van der Waals surface area contributed by atoms with Gasteiger partial charge in [-0.25, -0.2) is 0 Å². The number of benzene rings is 1. The molecular formula is C19H30ClN3O. The maximum atomic E-state index is 12.8. The van der Waals surface area contributed by atoms with Crippen molar-refractivity contribution in [2.75, 3.05) is 39.3 Å². The molecule has 134 valence electrons. The van der Waals surface area contributed by atoms with Crippen LogP contribution in [0, 0.1) is 0 Å². The van der Waals surface area contributed by atoms with Crippen LogP contribution in [-0.4, -0.2) is 61.0 Å². The lowest BCUT2D eigenvalue weighted by atomic mass is 9.98. The van der Waals surface area contributed by atoms with E-state index in [1.54, 1.807) is 0 Å². The quantitative estimate of drug-likeness (QED) is 0.904. The number of carbonyl (C=O) groups excluding carboxylic acids is 1. The first-order valence-corrected chi connectivity index (χ1v) is 9.01. The summed E-state index contributed by atoms with van der Waals surface area (Å²) in [6.45, 7) is 10.4. The Kier molecular flexibility index (Phi) is 7.08. The van der Waals surface area contributed by atoms with Gasteiger partial charge in [0.05, 0.1) is 5.92 Å². The van der Waals surface area contributed by atoms with E-state index >= 15 is 0 Å². The number of nitrogens with one attached hydrogen (secondary N) is 1. The number of amides is 1. The first kappa shape index (κ1) is 19.2. The van der Waals surface area contributed by atoms with Crippen LogP contribution < -0.4 is 5.32 Å². The smallest absolute Gasteiger partial charge is 0.229 e. The van der Waals surface area contributed by atoms with E-state index in [0.29, 0.717) is 6.04 Å². The summed E-state index contributed by atoms with van der Waals surface area (Å²) in [5, 5.41) is 3.40. The maximum absolute atomic E-state index is 12.8. The zero-order chi connectivity index (χ0) is 16.2. The summed E-state index contributed by atoms with van der Waals surface area (Å²) in [4.78, 5) is 17.4. The van der Waals surface area contributed by atoms with Crippen molar-refractivity contribution in [1.82, 2.24) is 15.1 Å². The fourth-order valence-corrected chi connectivity index (χ4v) is 3.75. The van der Waals surface area contributed by atoms with Gasteiger partial charge in [0.1, 0.15) is 0 Å². The first-order valence-electron chi connectivity index (χ1n) is 9.01. The van der Waals surface area contributed by atoms with Gasteiger partial charge in [-0.1, -0.05) is 31.2 Å². The molecule has 1 amide bonds. The van der Waals surface area contributed by atoms with Crippen molar-refractivity contribution in [3.63, 3.8) is 0 Å². The second kappa shape index (κ2) is 8.84. The van der Waals surface area contributed by atoms with E-state index in [-0.39, 0.29) is 24.2 Å². The van der Waals surface area contributed by atoms with Crippen molar-refractivity contribution in [3.05, 3.63) is 35.4 Å². The van der Waals surface area contributed by atoms with E-state index in [1.807, 2.05) is 6.92 Å². The molecule has 0 spiro atoms. The van der Waals surface area contributed by atoms with Crippen LogP contribution in [0.4, 0.5) is 0 Å². The molecule has 0 bridgehead atoms. The van der Waals surface area contributed by atoms with Gasteiger partial charge in [-0.2, -0.15) is 0 Å². The molecule has 24 heavy (non-hydrogen) atoms. The molecule has 1 aromatic rings. The standard InChI is InChI=1S/C19H29N3O.ClH/c1-3-16-4-6-17(7-5-16)15(2)19(23)22-11-8-18(14-22)21-12-9-20-10-13-21;/h4-7,15,18,20H,3,8-14H2,1-2H3;1H. The van der Waals surface area contributed by atoms with Gasteiger partial charge in [-0.15, -0.1) is 12.4 Å². The number of rotatable bonds is 4. The molecule has 0 aliphatic carbocycles. The van der Waals surface area contributed by atoms with Gasteiger partial charge in [0, 0.05) is 45.3 Å². The number of likely N-dealkylation sites (tertiary alicyclic amines) is 1. The summed E-state index contributed by atoms with van der Waals surface area (Å²) in [7, 11) is 0. The largest absolute Gasteiger partial charge is 0.341 e. The van der Waals surface area contributed by atoms with Crippen LogP contribution in [0.15, 0.2) is 24.3 Å². The van der Waals surface area contributed by atoms with Crippen LogP contribution >= 0.6 is 12.4 Å². The molecule has 4 nitrogen and oxygen atoms in total. The fraction of sp³-hybridized carbons (Fsp3) is 0.632. The second-order valence-corrected chi connectivity index (χ2v) is 6.83. The lowest BCUT2D eigenvalue weighted by molar-refractivity contribution is -0.131. The zero-order valence-corrected chi connectivity index (χ0v) is 15.6. The predicted octanol–water partition coefficient (Wildman–Crippen LogP) is 2.28. The Hall–Kier alpha value is -1.10. The molecule has 0 radical (unpaired) electrons. The van der Waals surface area contributed by atoms with E-state index < -0.39 is 0 Å². The van der Waals surface area contributed by atoms with Crippen molar-refractivity contribution in [1.29, 1.82) is 0 Å². The van der Waals surface area contributed by atoms with E-state index in [1.165, 1.54) is 5.56 Å². The number of piperazine rings is 1. The van der Waals surface area contributed by atoms with Crippen LogP contribution in [0.1, 0.15) is 37.3 Å². The number of hydrogen-bond donors (Lipinski definition) is 1. The normalized spacial score (nSPS) is 22.9. The van der Waals surface area contributed by atoms with Crippen LogP contribution in [0.25, 0.3) is 0 Å². The maximum Gasteiger partial charge on any atom is 0.229 e. The lowest BCUT2D eigenvalue weighted by Crippen LogP contribution is -2.49. The van der Waals surface area contributed by atoms with Gasteiger partial charge in [-0.3, -0.25) is 9.69 Å². The minimum Gasteiger partial charge on any atom is -0.341 e. The molecule has 1 aromatic carbocycles. The van der Waals surface area contributed by atoms with Gasteiger partial charge in [0.2, 0.25) is 5.91 Å². The summed E-state index contributed by atoms with van der Waals surface area (Å²) >= 11 is 0. The van der Waals surface area contributed by atoms with E-state index in [0.717, 1.165) is 57.7 Å². The molecule has 2 aliphatic heterocycles. The third-order valence-corrected chi connectivity index (χ3v) is 5.40. The van der Waals surface area contributed by atoms with Crippen molar-refractivity contribution in [2.24, 2.45) is 0 Å². The van der Waals surface area contributed by atoms with Crippen molar-refractivity contribution >= 4 is 18.3 Å². The van der Waals surface area contributed by atoms with Crippen LogP contribution in [0.2, 0.25) is 0 Å². The van der Waals surface area contributed by atoms with Gasteiger partial charge >= 0.3 is 0 Å². The number of halogens is 1. The van der Waals surface area contributed by atoms with E-state index in [4.69, 9.17) is 0 Å². The van der Waals surface area contributed by atoms with Gasteiger partial charge in [-0.05, 0) is 30.9 Å². The Morgan fingerprint density at radius 1 is 1.21 bits per heavy atom. The van der Waals surface area contributed by atoms with Crippen molar-refractivity contribution in [3.8, 4) is 0 Å². The highest BCUT2D eigenvalue weighted by atomic mass is 35.5. The summed E-state index contributed by atoms with van der Waals surface area (Å²) in [6, 6.07) is 9.08. The SMILES string of the molecule is CCc1ccc(C(C)C(=O)N2CCC(N3CCNCC3)C2)cc1.Cl. The lowest BCUT2D eigenvalue weighted by Gasteiger charge is -2.32. The minimum absolute atomic E-state index is 0. The number of hydrogen-bond acceptors (Lipinski definition) is 3. The molecule has 0 aromatic heterocycles. The van der Waals surface area contributed by atoms with Gasteiger partial charge < -0.3 is 10.2 Å². The Bertz CT molecular complexity index is 528. The molecular weight excluding hydrogens is 322 g/mol. The zero-order valence-electron chi connectivity index (χ0n) is 14.8. The summed E-state index contributed by atoms with van der Waals surface area (Å²) in [6.07, 6.45) is 2.16. The molecule has 3 rings (SSSR count). The van der Waals surface area contributed by atoms with Crippen molar-refractivity contribution in [2.45, 2.75) is 38.6 Å². The molecule has 2 atom stereocenters. The average molecular weight is 352 g/mol. The van der Waals surface area contributed by atoms with E-state index in [9.17, 15) is 4.79 Å². The monoisotopic (exact) mass is 351 g/mol. The Labute approximate surface area is 152 Å². The highest BCUT2D eigenvalue weighted by molar-refractivity contribution is 5.85. The molecule has 2 aliphatic rings. The summed E-state index contributed by atoms with van der Waals surface area (Å²) < 4.78 is 0. The van der Waals surface area contributed by atoms with Gasteiger partial charge in [0.25, 0.3) is 0 Å². The van der Waals surface area contributed by atoms with Crippen LogP contribution in [-0.2, 0) is 11.2 Å². The highest BCUT2D eigenvalue weighted by Gasteiger charge is 2.32. The number of aryl methyl sites for hydroxylation is 1. The third kappa shape index (κ3) is 4.29. The topological polar surface area (TPSA) is 35.6 Å². The molecule has 0 saturated carbocycles. The molecule has 1 N–H and O–H groups in total. The van der Waals surface area contributed by atoms with Gasteiger partial charge in [0.15, 0.2) is 0 Å². The molecule has 2 fully saturated rings. The van der Waals surface area contributed by atoms with Crippen LogP contribution in [0.3, 0.4) is 0 Å². The molecule has 2 saturated heterocycles. The highest BCUT2D eigenvalue weighted by Crippen LogP contribution is 2.23. The van der Waals surface area contributed by atoms with Crippen LogP contribution in [0.5, 0.6) is 0 Å². The number of nitrogens with zero attached hydrogens (tertiary/aromatic N) is 2. The molecule has 2 heterocycles. The minimum atomic E-state index is -0.0392. The second-order valence-electron chi connectivity index (χ2n) is 6.83.